The fourth-order valence-electron chi connectivity index (χ4n) is 3.08. The Balaban J connectivity index is 1.87. The Bertz CT molecular complexity index is 1110. The van der Waals surface area contributed by atoms with Crippen LogP contribution in [0.4, 0.5) is 11.4 Å². The molecule has 0 aliphatic rings. The fourth-order valence-corrected chi connectivity index (χ4v) is 3.08. The number of nitrogens with zero attached hydrogens (tertiary/aromatic N) is 1. The number of methoxy groups -OCH3 is 1. The minimum Gasteiger partial charge on any atom is -0.497 e. The number of hydrogen-bond acceptors (Lipinski definition) is 5. The molecule has 0 heterocycles. The molecule has 0 aliphatic carbocycles. The number of ether oxygens (including phenoxy) is 2. The van der Waals surface area contributed by atoms with Gasteiger partial charge in [0.05, 0.1) is 12.0 Å². The number of non-ortho nitro benzene ring substituents is 1. The van der Waals surface area contributed by atoms with Gasteiger partial charge in [-0.3, -0.25) is 14.9 Å². The van der Waals surface area contributed by atoms with E-state index >= 15 is 0 Å². The molecule has 1 amide bonds. The molecule has 0 saturated heterocycles. The summed E-state index contributed by atoms with van der Waals surface area (Å²) in [6.45, 7) is 5.51. The van der Waals surface area contributed by atoms with Gasteiger partial charge in [-0.2, -0.15) is 0 Å². The number of carbonyl (C=O) groups is 1. The van der Waals surface area contributed by atoms with Crippen LogP contribution in [0.3, 0.4) is 0 Å². The van der Waals surface area contributed by atoms with Crippen molar-refractivity contribution in [1.29, 1.82) is 0 Å². The molecule has 0 saturated carbocycles. The SMILES string of the molecule is COc1ccc(-c2cc([N+](=O)[O-])ccc2O[C@H](C)C(=O)Nc2cc(C)ccc2C)cc1. The number of benzene rings is 3. The van der Waals surface area contributed by atoms with E-state index in [1.54, 1.807) is 38.3 Å². The zero-order valence-corrected chi connectivity index (χ0v) is 17.8. The smallest absolute Gasteiger partial charge is 0.270 e. The first kappa shape index (κ1) is 21.8. The van der Waals surface area contributed by atoms with Gasteiger partial charge in [0.15, 0.2) is 6.10 Å². The van der Waals surface area contributed by atoms with Gasteiger partial charge in [0, 0.05) is 23.4 Å². The summed E-state index contributed by atoms with van der Waals surface area (Å²) in [5.41, 5.74) is 3.86. The quantitative estimate of drug-likeness (QED) is 0.414. The van der Waals surface area contributed by atoms with Crippen molar-refractivity contribution in [2.75, 3.05) is 12.4 Å². The number of aryl methyl sites for hydroxylation is 2. The molecule has 7 nitrogen and oxygen atoms in total. The lowest BCUT2D eigenvalue weighted by Gasteiger charge is -2.18. The molecule has 3 aromatic rings. The van der Waals surface area contributed by atoms with Crippen molar-refractivity contribution in [3.8, 4) is 22.6 Å². The molecule has 160 valence electrons. The summed E-state index contributed by atoms with van der Waals surface area (Å²) in [7, 11) is 1.56. The average Bonchev–Trinajstić information content (AvgIpc) is 2.76. The van der Waals surface area contributed by atoms with Gasteiger partial charge in [0.25, 0.3) is 11.6 Å². The van der Waals surface area contributed by atoms with Crippen LogP contribution in [0.5, 0.6) is 11.5 Å². The van der Waals surface area contributed by atoms with E-state index in [4.69, 9.17) is 9.47 Å². The average molecular weight is 420 g/mol. The van der Waals surface area contributed by atoms with Gasteiger partial charge in [-0.15, -0.1) is 0 Å². The fraction of sp³-hybridized carbons (Fsp3) is 0.208. The van der Waals surface area contributed by atoms with E-state index < -0.39 is 11.0 Å². The van der Waals surface area contributed by atoms with Crippen LogP contribution in [-0.2, 0) is 4.79 Å². The highest BCUT2D eigenvalue weighted by molar-refractivity contribution is 5.95. The van der Waals surface area contributed by atoms with Gasteiger partial charge in [0.1, 0.15) is 11.5 Å². The molecule has 0 spiro atoms. The molecule has 0 radical (unpaired) electrons. The molecule has 0 aliphatic heterocycles. The van der Waals surface area contributed by atoms with Crippen LogP contribution in [0.15, 0.2) is 60.7 Å². The predicted octanol–water partition coefficient (Wildman–Crippen LogP) is 5.29. The molecule has 1 N–H and O–H groups in total. The van der Waals surface area contributed by atoms with Gasteiger partial charge in [-0.1, -0.05) is 24.3 Å². The van der Waals surface area contributed by atoms with Gasteiger partial charge in [-0.05, 0) is 61.7 Å². The Morgan fingerprint density at radius 3 is 2.39 bits per heavy atom. The maximum Gasteiger partial charge on any atom is 0.270 e. The lowest BCUT2D eigenvalue weighted by molar-refractivity contribution is -0.384. The maximum absolute atomic E-state index is 12.7. The Morgan fingerprint density at radius 1 is 1.03 bits per heavy atom. The number of nitro groups is 1. The van der Waals surface area contributed by atoms with Crippen LogP contribution in [0.2, 0.25) is 0 Å². The summed E-state index contributed by atoms with van der Waals surface area (Å²) in [5.74, 6) is 0.727. The van der Waals surface area contributed by atoms with Crippen molar-refractivity contribution in [2.45, 2.75) is 26.9 Å². The molecule has 31 heavy (non-hydrogen) atoms. The Morgan fingerprint density at radius 2 is 1.74 bits per heavy atom. The third kappa shape index (κ3) is 5.19. The normalized spacial score (nSPS) is 11.5. The summed E-state index contributed by atoms with van der Waals surface area (Å²) in [4.78, 5) is 23.5. The number of carbonyl (C=O) groups excluding carboxylic acids is 1. The molecular weight excluding hydrogens is 396 g/mol. The number of rotatable bonds is 7. The molecular formula is C24H24N2O5. The first-order valence-electron chi connectivity index (χ1n) is 9.76. The highest BCUT2D eigenvalue weighted by atomic mass is 16.6. The highest BCUT2D eigenvalue weighted by Crippen LogP contribution is 2.35. The molecule has 3 rings (SSSR count). The standard InChI is InChI=1S/C24H24N2O5/c1-15-5-6-16(2)22(13-15)25-24(27)17(3)31-23-12-9-19(26(28)29)14-21(23)18-7-10-20(30-4)11-8-18/h5-14,17H,1-4H3,(H,25,27)/t17-/m1/s1. The molecule has 3 aromatic carbocycles. The number of nitrogens with one attached hydrogen (secondary N) is 1. The molecule has 7 heteroatoms. The van der Waals surface area contributed by atoms with Crippen LogP contribution < -0.4 is 14.8 Å². The van der Waals surface area contributed by atoms with Crippen molar-refractivity contribution >= 4 is 17.3 Å². The third-order valence-corrected chi connectivity index (χ3v) is 4.90. The van der Waals surface area contributed by atoms with Gasteiger partial charge in [-0.25, -0.2) is 0 Å². The van der Waals surface area contributed by atoms with E-state index in [9.17, 15) is 14.9 Å². The largest absolute Gasteiger partial charge is 0.497 e. The first-order valence-corrected chi connectivity index (χ1v) is 9.76. The number of amides is 1. The summed E-state index contributed by atoms with van der Waals surface area (Å²) in [6.07, 6.45) is -0.821. The lowest BCUT2D eigenvalue weighted by Crippen LogP contribution is -2.30. The summed E-state index contributed by atoms with van der Waals surface area (Å²) in [6, 6.07) is 17.2. The predicted molar refractivity (Wildman–Crippen MR) is 120 cm³/mol. The van der Waals surface area contributed by atoms with Crippen molar-refractivity contribution < 1.29 is 19.2 Å². The molecule has 0 unspecified atom stereocenters. The minimum absolute atomic E-state index is 0.0642. The minimum atomic E-state index is -0.821. The van der Waals surface area contributed by atoms with E-state index in [0.29, 0.717) is 22.6 Å². The second-order valence-electron chi connectivity index (χ2n) is 7.23. The molecule has 0 aromatic heterocycles. The van der Waals surface area contributed by atoms with E-state index in [1.165, 1.54) is 18.2 Å². The van der Waals surface area contributed by atoms with Crippen LogP contribution in [0, 0.1) is 24.0 Å². The van der Waals surface area contributed by atoms with Crippen LogP contribution in [-0.4, -0.2) is 24.0 Å². The topological polar surface area (TPSA) is 90.7 Å². The van der Waals surface area contributed by atoms with E-state index in [-0.39, 0.29) is 11.6 Å². The lowest BCUT2D eigenvalue weighted by atomic mass is 10.0. The number of hydrogen-bond donors (Lipinski definition) is 1. The zero-order valence-electron chi connectivity index (χ0n) is 17.8. The summed E-state index contributed by atoms with van der Waals surface area (Å²) < 4.78 is 11.1. The highest BCUT2D eigenvalue weighted by Gasteiger charge is 2.20. The molecule has 0 bridgehead atoms. The first-order chi connectivity index (χ1) is 14.8. The Labute approximate surface area is 180 Å². The van der Waals surface area contributed by atoms with Crippen molar-refractivity contribution in [3.63, 3.8) is 0 Å². The summed E-state index contributed by atoms with van der Waals surface area (Å²) in [5, 5.41) is 14.2. The van der Waals surface area contributed by atoms with Gasteiger partial charge >= 0.3 is 0 Å². The van der Waals surface area contributed by atoms with Crippen LogP contribution >= 0.6 is 0 Å². The molecule has 1 atom stereocenters. The number of nitro benzene ring substituents is 1. The van der Waals surface area contributed by atoms with Crippen LogP contribution in [0.1, 0.15) is 18.1 Å². The zero-order chi connectivity index (χ0) is 22.5. The van der Waals surface area contributed by atoms with Crippen molar-refractivity contribution in [3.05, 3.63) is 81.9 Å². The van der Waals surface area contributed by atoms with Gasteiger partial charge in [0.2, 0.25) is 0 Å². The number of anilines is 1. The van der Waals surface area contributed by atoms with Crippen LogP contribution in [0.25, 0.3) is 11.1 Å². The maximum atomic E-state index is 12.7. The van der Waals surface area contributed by atoms with E-state index in [2.05, 4.69) is 5.32 Å². The van der Waals surface area contributed by atoms with Crippen molar-refractivity contribution in [2.24, 2.45) is 0 Å². The van der Waals surface area contributed by atoms with E-state index in [0.717, 1.165) is 16.8 Å². The second kappa shape index (κ2) is 9.30. The van der Waals surface area contributed by atoms with E-state index in [1.807, 2.05) is 32.0 Å². The monoisotopic (exact) mass is 420 g/mol. The third-order valence-electron chi connectivity index (χ3n) is 4.90. The van der Waals surface area contributed by atoms with Crippen molar-refractivity contribution in [1.82, 2.24) is 0 Å². The molecule has 0 fully saturated rings. The Kier molecular flexibility index (Phi) is 6.55. The Hall–Kier alpha value is -3.87. The summed E-state index contributed by atoms with van der Waals surface area (Å²) >= 11 is 0. The van der Waals surface area contributed by atoms with Gasteiger partial charge < -0.3 is 14.8 Å². The second-order valence-corrected chi connectivity index (χ2v) is 7.23.